The summed E-state index contributed by atoms with van der Waals surface area (Å²) in [5.74, 6) is -0.497. The van der Waals surface area contributed by atoms with Crippen LogP contribution in [0.2, 0.25) is 0 Å². The lowest BCUT2D eigenvalue weighted by molar-refractivity contribution is -0.117. The van der Waals surface area contributed by atoms with Crippen LogP contribution in [0.3, 0.4) is 0 Å². The van der Waals surface area contributed by atoms with Gasteiger partial charge in [0, 0.05) is 61.5 Å². The van der Waals surface area contributed by atoms with Crippen molar-refractivity contribution in [3.63, 3.8) is 0 Å². The molecule has 37 heavy (non-hydrogen) atoms. The van der Waals surface area contributed by atoms with Crippen molar-refractivity contribution in [1.82, 2.24) is 19.7 Å². The molecule has 1 aromatic heterocycles. The summed E-state index contributed by atoms with van der Waals surface area (Å²) >= 11 is 1.64. The van der Waals surface area contributed by atoms with Gasteiger partial charge in [0.1, 0.15) is 0 Å². The van der Waals surface area contributed by atoms with E-state index in [2.05, 4.69) is 20.1 Å². The minimum absolute atomic E-state index is 0.0443. The lowest BCUT2D eigenvalue weighted by atomic mass is 9.94. The van der Waals surface area contributed by atoms with E-state index in [-0.39, 0.29) is 17.7 Å². The highest BCUT2D eigenvalue weighted by atomic mass is 32.1. The number of piperazine rings is 1. The molecule has 0 bridgehead atoms. The molecule has 4 aromatic rings. The van der Waals surface area contributed by atoms with E-state index in [0.29, 0.717) is 30.8 Å². The summed E-state index contributed by atoms with van der Waals surface area (Å²) in [4.78, 5) is 49.1. The van der Waals surface area contributed by atoms with E-state index in [1.807, 2.05) is 49.4 Å². The summed E-state index contributed by atoms with van der Waals surface area (Å²) in [5.41, 5.74) is 2.84. The van der Waals surface area contributed by atoms with Gasteiger partial charge in [-0.15, -0.1) is 11.3 Å². The number of amides is 3. The summed E-state index contributed by atoms with van der Waals surface area (Å²) in [5, 5.41) is 5.66. The maximum atomic E-state index is 13.1. The molecule has 1 fully saturated rings. The summed E-state index contributed by atoms with van der Waals surface area (Å²) in [6, 6.07) is 17.0. The van der Waals surface area contributed by atoms with Crippen LogP contribution >= 0.6 is 11.3 Å². The molecular weight excluding hydrogens is 486 g/mol. The number of carbonyl (C=O) groups excluding carboxylic acids is 3. The van der Waals surface area contributed by atoms with Gasteiger partial charge >= 0.3 is 0 Å². The molecule has 0 unspecified atom stereocenters. The third-order valence-electron chi connectivity index (χ3n) is 7.11. The lowest BCUT2D eigenvalue weighted by Gasteiger charge is -2.35. The second-order valence-corrected chi connectivity index (χ2v) is 10.8. The Labute approximate surface area is 218 Å². The van der Waals surface area contributed by atoms with Crippen LogP contribution in [0.25, 0.3) is 21.0 Å². The third-order valence-corrected chi connectivity index (χ3v) is 8.06. The Hall–Kier alpha value is -3.66. The van der Waals surface area contributed by atoms with Gasteiger partial charge in [0.05, 0.1) is 21.8 Å². The van der Waals surface area contributed by atoms with Crippen molar-refractivity contribution < 1.29 is 14.4 Å². The standard InChI is InChI=1S/C28H27N5O3S/c1-18-29-23-16-20(8-9-24(23)37-18)30-25(34)17-32-12-10-31(11-13-32)14-15-33-27(35)21-6-2-4-19-5-3-7-22(26(19)21)28(33)36/h2-9,16H,10-15,17H2,1H3,(H,30,34). The van der Waals surface area contributed by atoms with E-state index >= 15 is 0 Å². The number of aryl methyl sites for hydroxylation is 1. The Morgan fingerprint density at radius 2 is 1.59 bits per heavy atom. The van der Waals surface area contributed by atoms with Crippen molar-refractivity contribution in [3.8, 4) is 0 Å². The molecule has 0 atom stereocenters. The van der Waals surface area contributed by atoms with Gasteiger partial charge in [0.25, 0.3) is 11.8 Å². The van der Waals surface area contributed by atoms with Gasteiger partial charge in [-0.1, -0.05) is 24.3 Å². The van der Waals surface area contributed by atoms with Crippen LogP contribution in [-0.4, -0.2) is 83.2 Å². The van der Waals surface area contributed by atoms with Gasteiger partial charge in [-0.2, -0.15) is 0 Å². The topological polar surface area (TPSA) is 85.8 Å². The van der Waals surface area contributed by atoms with Crippen molar-refractivity contribution in [2.45, 2.75) is 6.92 Å². The largest absolute Gasteiger partial charge is 0.325 e. The SMILES string of the molecule is Cc1nc2cc(NC(=O)CN3CCN(CCN4C(=O)c5cccc6cccc(c56)C4=O)CC3)ccc2s1. The number of anilines is 1. The Balaban J connectivity index is 1.01. The lowest BCUT2D eigenvalue weighted by Crippen LogP contribution is -2.51. The second kappa shape index (κ2) is 9.66. The number of fused-ring (bicyclic) bond motifs is 1. The fourth-order valence-corrected chi connectivity index (χ4v) is 6.03. The number of imide groups is 1. The molecule has 3 heterocycles. The minimum atomic E-state index is -0.226. The molecule has 2 aliphatic rings. The van der Waals surface area contributed by atoms with E-state index in [4.69, 9.17) is 0 Å². The summed E-state index contributed by atoms with van der Waals surface area (Å²) in [6.07, 6.45) is 0. The number of hydrogen-bond donors (Lipinski definition) is 1. The van der Waals surface area contributed by atoms with Crippen molar-refractivity contribution in [1.29, 1.82) is 0 Å². The number of nitrogens with zero attached hydrogens (tertiary/aromatic N) is 4. The first-order chi connectivity index (χ1) is 18.0. The van der Waals surface area contributed by atoms with Crippen molar-refractivity contribution in [3.05, 3.63) is 70.7 Å². The highest BCUT2D eigenvalue weighted by molar-refractivity contribution is 7.18. The number of carbonyl (C=O) groups is 3. The van der Waals surface area contributed by atoms with Crippen LogP contribution in [-0.2, 0) is 4.79 Å². The number of thiazole rings is 1. The zero-order valence-electron chi connectivity index (χ0n) is 20.6. The Kier molecular flexibility index (Phi) is 6.19. The monoisotopic (exact) mass is 513 g/mol. The van der Waals surface area contributed by atoms with Gasteiger partial charge in [-0.25, -0.2) is 4.98 Å². The minimum Gasteiger partial charge on any atom is -0.325 e. The zero-order chi connectivity index (χ0) is 25.5. The van der Waals surface area contributed by atoms with Gasteiger partial charge in [0.15, 0.2) is 0 Å². The van der Waals surface area contributed by atoms with Crippen molar-refractivity contribution in [2.24, 2.45) is 0 Å². The van der Waals surface area contributed by atoms with Crippen LogP contribution < -0.4 is 5.32 Å². The van der Waals surface area contributed by atoms with Crippen LogP contribution in [0.1, 0.15) is 25.7 Å². The fraction of sp³-hybridized carbons (Fsp3) is 0.286. The van der Waals surface area contributed by atoms with Crippen molar-refractivity contribution >= 4 is 55.7 Å². The van der Waals surface area contributed by atoms with Crippen LogP contribution in [0, 0.1) is 6.92 Å². The smallest absolute Gasteiger partial charge is 0.261 e. The molecule has 2 aliphatic heterocycles. The van der Waals surface area contributed by atoms with Gasteiger partial charge < -0.3 is 5.32 Å². The van der Waals surface area contributed by atoms with Crippen molar-refractivity contribution in [2.75, 3.05) is 51.1 Å². The van der Waals surface area contributed by atoms with Crippen LogP contribution in [0.15, 0.2) is 54.6 Å². The molecule has 0 saturated carbocycles. The molecule has 0 aliphatic carbocycles. The van der Waals surface area contributed by atoms with E-state index in [1.54, 1.807) is 23.5 Å². The van der Waals surface area contributed by atoms with E-state index < -0.39 is 0 Å². The zero-order valence-corrected chi connectivity index (χ0v) is 21.4. The van der Waals surface area contributed by atoms with Gasteiger partial charge in [-0.05, 0) is 42.6 Å². The Morgan fingerprint density at radius 3 is 2.30 bits per heavy atom. The molecule has 0 spiro atoms. The first-order valence-electron chi connectivity index (χ1n) is 12.5. The quantitative estimate of drug-likeness (QED) is 0.397. The van der Waals surface area contributed by atoms with Gasteiger partial charge in [-0.3, -0.25) is 29.1 Å². The molecule has 9 heteroatoms. The molecule has 188 valence electrons. The number of nitrogens with one attached hydrogen (secondary N) is 1. The molecule has 3 aromatic carbocycles. The molecule has 1 saturated heterocycles. The normalized spacial score (nSPS) is 16.6. The third kappa shape index (κ3) is 4.61. The summed E-state index contributed by atoms with van der Waals surface area (Å²) in [6.45, 7) is 6.32. The Bertz CT molecular complexity index is 1490. The number of benzene rings is 3. The number of rotatable bonds is 6. The summed E-state index contributed by atoms with van der Waals surface area (Å²) < 4.78 is 1.11. The van der Waals surface area contributed by atoms with Gasteiger partial charge in [0.2, 0.25) is 5.91 Å². The summed E-state index contributed by atoms with van der Waals surface area (Å²) in [7, 11) is 0. The highest BCUT2D eigenvalue weighted by Gasteiger charge is 2.33. The number of aromatic nitrogens is 1. The molecule has 6 rings (SSSR count). The van der Waals surface area contributed by atoms with E-state index in [1.165, 1.54) is 4.90 Å². The predicted octanol–water partition coefficient (Wildman–Crippen LogP) is 3.61. The molecule has 3 amide bonds. The highest BCUT2D eigenvalue weighted by Crippen LogP contribution is 2.30. The second-order valence-electron chi connectivity index (χ2n) is 9.55. The van der Waals surface area contributed by atoms with E-state index in [0.717, 1.165) is 57.9 Å². The maximum absolute atomic E-state index is 13.1. The maximum Gasteiger partial charge on any atom is 0.261 e. The first kappa shape index (κ1) is 23.7. The Morgan fingerprint density at radius 1 is 0.919 bits per heavy atom. The van der Waals surface area contributed by atoms with Crippen LogP contribution in [0.5, 0.6) is 0 Å². The average molecular weight is 514 g/mol. The molecule has 8 nitrogen and oxygen atoms in total. The first-order valence-corrected chi connectivity index (χ1v) is 13.3. The average Bonchev–Trinajstić information content (AvgIpc) is 3.27. The fourth-order valence-electron chi connectivity index (χ4n) is 5.22. The number of hydrogen-bond acceptors (Lipinski definition) is 7. The molecule has 1 N–H and O–H groups in total. The molecule has 0 radical (unpaired) electrons. The van der Waals surface area contributed by atoms with Crippen LogP contribution in [0.4, 0.5) is 5.69 Å². The van der Waals surface area contributed by atoms with E-state index in [9.17, 15) is 14.4 Å². The molecular formula is C28H27N5O3S. The predicted molar refractivity (Wildman–Crippen MR) is 145 cm³/mol.